The van der Waals surface area contributed by atoms with Crippen LogP contribution in [0.3, 0.4) is 0 Å². The number of carbonyl (C=O) groups excluding carboxylic acids is 1. The Morgan fingerprint density at radius 2 is 2.15 bits per heavy atom. The van der Waals surface area contributed by atoms with E-state index >= 15 is 0 Å². The summed E-state index contributed by atoms with van der Waals surface area (Å²) in [4.78, 5) is 16.5. The number of aryl methyl sites for hydroxylation is 1. The zero-order valence-electron chi connectivity index (χ0n) is 15.0. The molecular weight excluding hydrogens is 380 g/mol. The number of fused-ring (bicyclic) bond motifs is 1. The molecule has 1 amide bonds. The number of nitrogens with two attached hydrogens (primary N) is 1. The normalized spacial score (nSPS) is 13.7. The quantitative estimate of drug-likeness (QED) is 0.511. The first-order chi connectivity index (χ1) is 12.9. The molecule has 7 heteroatoms. The first kappa shape index (κ1) is 19.5. The molecule has 1 heterocycles. The van der Waals surface area contributed by atoms with Crippen LogP contribution in [0.15, 0.2) is 42.1 Å². The summed E-state index contributed by atoms with van der Waals surface area (Å²) >= 11 is 7.18. The van der Waals surface area contributed by atoms with Crippen LogP contribution in [0.1, 0.15) is 41.4 Å². The lowest BCUT2D eigenvalue weighted by Gasteiger charge is -2.13. The van der Waals surface area contributed by atoms with Crippen molar-refractivity contribution in [2.75, 3.05) is 11.1 Å². The molecule has 2 aromatic rings. The van der Waals surface area contributed by atoms with E-state index in [-0.39, 0.29) is 11.1 Å². The Morgan fingerprint density at radius 1 is 1.33 bits per heavy atom. The predicted octanol–water partition coefficient (Wildman–Crippen LogP) is 4.72. The van der Waals surface area contributed by atoms with E-state index in [9.17, 15) is 4.79 Å². The van der Waals surface area contributed by atoms with Crippen molar-refractivity contribution in [3.8, 4) is 0 Å². The fourth-order valence-electron chi connectivity index (χ4n) is 3.14. The van der Waals surface area contributed by atoms with Gasteiger partial charge in [-0.1, -0.05) is 35.0 Å². The Balaban J connectivity index is 1.85. The fourth-order valence-corrected chi connectivity index (χ4v) is 3.94. The van der Waals surface area contributed by atoms with Gasteiger partial charge in [0.1, 0.15) is 5.69 Å². The number of benzene rings is 1. The maximum atomic E-state index is 12.4. The number of aromatic nitrogens is 1. The Morgan fingerprint density at radius 3 is 2.85 bits per heavy atom. The maximum absolute atomic E-state index is 12.4. The number of amides is 1. The van der Waals surface area contributed by atoms with E-state index in [2.05, 4.69) is 23.3 Å². The number of nitrogens with zero attached hydrogens (tertiary/aromatic N) is 1. The number of halogens is 1. The number of amidine groups is 1. The second kappa shape index (κ2) is 8.59. The third-order valence-corrected chi connectivity index (χ3v) is 5.62. The Labute approximate surface area is 167 Å². The van der Waals surface area contributed by atoms with E-state index in [4.69, 9.17) is 22.7 Å². The number of rotatable bonds is 4. The molecule has 4 N–H and O–H groups in total. The number of allylic oxidation sites excluding steroid dienone is 1. The minimum Gasteiger partial charge on any atom is -0.379 e. The van der Waals surface area contributed by atoms with Crippen molar-refractivity contribution in [2.45, 2.75) is 26.2 Å². The second-order valence-electron chi connectivity index (χ2n) is 6.42. The molecule has 0 spiro atoms. The van der Waals surface area contributed by atoms with Crippen LogP contribution >= 0.6 is 23.4 Å². The highest BCUT2D eigenvalue weighted by molar-refractivity contribution is 8.13. The molecule has 0 unspecified atom stereocenters. The van der Waals surface area contributed by atoms with Crippen molar-refractivity contribution < 1.29 is 4.79 Å². The SMILES string of the molecule is CC1=C(CSC(=N)N)CCCc2ccc(NC(=O)c3ccc(Cl)cn3)cc21. The van der Waals surface area contributed by atoms with E-state index in [1.807, 2.05) is 12.1 Å². The largest absolute Gasteiger partial charge is 0.379 e. The van der Waals surface area contributed by atoms with Crippen molar-refractivity contribution in [1.29, 1.82) is 5.41 Å². The topological polar surface area (TPSA) is 91.9 Å². The van der Waals surface area contributed by atoms with Crippen molar-refractivity contribution in [3.63, 3.8) is 0 Å². The predicted molar refractivity (Wildman–Crippen MR) is 114 cm³/mol. The highest BCUT2D eigenvalue weighted by atomic mass is 35.5. The number of hydrogen-bond donors (Lipinski definition) is 3. The van der Waals surface area contributed by atoms with Crippen LogP contribution in [-0.2, 0) is 6.42 Å². The molecule has 1 aromatic carbocycles. The smallest absolute Gasteiger partial charge is 0.274 e. The molecule has 5 nitrogen and oxygen atoms in total. The summed E-state index contributed by atoms with van der Waals surface area (Å²) in [5, 5.41) is 11.0. The van der Waals surface area contributed by atoms with Crippen LogP contribution in [0.2, 0.25) is 5.02 Å². The first-order valence-corrected chi connectivity index (χ1v) is 10.0. The van der Waals surface area contributed by atoms with Gasteiger partial charge in [0.2, 0.25) is 0 Å². The van der Waals surface area contributed by atoms with Crippen LogP contribution in [0.25, 0.3) is 5.57 Å². The molecule has 3 rings (SSSR count). The van der Waals surface area contributed by atoms with Crippen LogP contribution < -0.4 is 11.1 Å². The van der Waals surface area contributed by atoms with E-state index in [0.717, 1.165) is 36.3 Å². The van der Waals surface area contributed by atoms with Gasteiger partial charge < -0.3 is 11.1 Å². The molecule has 1 aliphatic rings. The van der Waals surface area contributed by atoms with E-state index in [0.29, 0.717) is 10.7 Å². The minimum absolute atomic E-state index is 0.135. The third-order valence-electron chi connectivity index (χ3n) is 4.59. The minimum atomic E-state index is -0.269. The lowest BCUT2D eigenvalue weighted by molar-refractivity contribution is 0.102. The standard InChI is InChI=1S/C20H21ClN4OS/c1-12-14(11-27-20(22)23)4-2-3-13-5-7-16(9-17(12)13)25-19(26)18-8-6-15(21)10-24-18/h5-10H,2-4,11H2,1H3,(H3,22,23)(H,25,26). The summed E-state index contributed by atoms with van der Waals surface area (Å²) in [6, 6.07) is 9.26. The monoisotopic (exact) mass is 400 g/mol. The van der Waals surface area contributed by atoms with Gasteiger partial charge in [0.05, 0.1) is 5.02 Å². The molecule has 0 atom stereocenters. The van der Waals surface area contributed by atoms with Gasteiger partial charge in [0.15, 0.2) is 5.17 Å². The lowest BCUT2D eigenvalue weighted by atomic mass is 9.97. The first-order valence-electron chi connectivity index (χ1n) is 8.65. The van der Waals surface area contributed by atoms with Gasteiger partial charge in [-0.2, -0.15) is 0 Å². The van der Waals surface area contributed by atoms with Crippen molar-refractivity contribution in [2.24, 2.45) is 5.73 Å². The van der Waals surface area contributed by atoms with Gasteiger partial charge >= 0.3 is 0 Å². The van der Waals surface area contributed by atoms with Gasteiger partial charge in [-0.15, -0.1) is 0 Å². The van der Waals surface area contributed by atoms with Crippen LogP contribution in [0, 0.1) is 5.41 Å². The molecule has 0 saturated heterocycles. The summed E-state index contributed by atoms with van der Waals surface area (Å²) in [7, 11) is 0. The van der Waals surface area contributed by atoms with Crippen LogP contribution in [-0.4, -0.2) is 21.8 Å². The highest BCUT2D eigenvalue weighted by Gasteiger charge is 2.16. The van der Waals surface area contributed by atoms with Gasteiger partial charge in [0.25, 0.3) is 5.91 Å². The molecule has 140 valence electrons. The molecule has 1 aliphatic carbocycles. The molecule has 0 saturated carbocycles. The molecular formula is C20H21ClN4OS. The summed E-state index contributed by atoms with van der Waals surface area (Å²) < 4.78 is 0. The summed E-state index contributed by atoms with van der Waals surface area (Å²) in [5.74, 6) is 0.459. The number of thioether (sulfide) groups is 1. The zero-order valence-corrected chi connectivity index (χ0v) is 16.6. The maximum Gasteiger partial charge on any atom is 0.274 e. The van der Waals surface area contributed by atoms with Crippen molar-refractivity contribution in [3.05, 3.63) is 63.9 Å². The number of anilines is 1. The molecule has 0 aliphatic heterocycles. The van der Waals surface area contributed by atoms with Crippen LogP contribution in [0.4, 0.5) is 5.69 Å². The lowest BCUT2D eigenvalue weighted by Crippen LogP contribution is -2.13. The average Bonchev–Trinajstić information content (AvgIpc) is 2.79. The molecule has 0 bridgehead atoms. The van der Waals surface area contributed by atoms with Crippen LogP contribution in [0.5, 0.6) is 0 Å². The highest BCUT2D eigenvalue weighted by Crippen LogP contribution is 2.33. The fraction of sp³-hybridized carbons (Fsp3) is 0.250. The Kier molecular flexibility index (Phi) is 6.19. The number of pyridine rings is 1. The van der Waals surface area contributed by atoms with Crippen molar-refractivity contribution >= 4 is 45.7 Å². The third kappa shape index (κ3) is 4.90. The summed E-state index contributed by atoms with van der Waals surface area (Å²) in [6.07, 6.45) is 4.52. The number of nitrogens with one attached hydrogen (secondary N) is 2. The molecule has 1 aromatic heterocycles. The Hall–Kier alpha value is -2.31. The summed E-state index contributed by atoms with van der Waals surface area (Å²) in [6.45, 7) is 2.10. The second-order valence-corrected chi connectivity index (χ2v) is 7.88. The Bertz CT molecular complexity index is 909. The summed E-state index contributed by atoms with van der Waals surface area (Å²) in [5.41, 5.74) is 11.5. The van der Waals surface area contributed by atoms with E-state index in [1.165, 1.54) is 34.7 Å². The molecule has 0 radical (unpaired) electrons. The van der Waals surface area contributed by atoms with E-state index < -0.39 is 0 Å². The van der Waals surface area contributed by atoms with Gasteiger partial charge in [-0.05, 0) is 67.2 Å². The van der Waals surface area contributed by atoms with Gasteiger partial charge in [-0.3, -0.25) is 10.2 Å². The van der Waals surface area contributed by atoms with Gasteiger partial charge in [-0.25, -0.2) is 4.98 Å². The average molecular weight is 401 g/mol. The van der Waals surface area contributed by atoms with E-state index in [1.54, 1.807) is 12.1 Å². The zero-order chi connectivity index (χ0) is 19.4. The molecule has 27 heavy (non-hydrogen) atoms. The number of carbonyl (C=O) groups is 1. The van der Waals surface area contributed by atoms with Gasteiger partial charge in [0, 0.05) is 17.6 Å². The molecule has 0 fully saturated rings. The number of hydrogen-bond acceptors (Lipinski definition) is 4. The van der Waals surface area contributed by atoms with Crippen molar-refractivity contribution in [1.82, 2.24) is 4.98 Å².